The maximum atomic E-state index is 5.78. The third-order valence-corrected chi connectivity index (χ3v) is 4.67. The van der Waals surface area contributed by atoms with Crippen LogP contribution in [0.15, 0.2) is 34.8 Å². The predicted octanol–water partition coefficient (Wildman–Crippen LogP) is 4.96. The lowest BCUT2D eigenvalue weighted by Gasteiger charge is -2.06. The van der Waals surface area contributed by atoms with Gasteiger partial charge in [-0.05, 0) is 49.2 Å². The molecule has 0 saturated carbocycles. The van der Waals surface area contributed by atoms with Gasteiger partial charge in [0.05, 0.1) is 0 Å². The summed E-state index contributed by atoms with van der Waals surface area (Å²) >= 11 is 5.31. The lowest BCUT2D eigenvalue weighted by Crippen LogP contribution is -1.93. The van der Waals surface area contributed by atoms with Gasteiger partial charge in [0.15, 0.2) is 0 Å². The van der Waals surface area contributed by atoms with Crippen LogP contribution in [0.5, 0.6) is 5.75 Å². The zero-order valence-corrected chi connectivity index (χ0v) is 12.4. The summed E-state index contributed by atoms with van der Waals surface area (Å²) in [5.41, 5.74) is 1.20. The van der Waals surface area contributed by atoms with Crippen LogP contribution in [0.1, 0.15) is 22.2 Å². The van der Waals surface area contributed by atoms with Crippen molar-refractivity contribution < 1.29 is 4.74 Å². The van der Waals surface area contributed by atoms with E-state index in [1.54, 1.807) is 0 Å². The van der Waals surface area contributed by atoms with E-state index in [9.17, 15) is 0 Å². The molecule has 2 rings (SSSR count). The van der Waals surface area contributed by atoms with E-state index in [0.29, 0.717) is 6.61 Å². The van der Waals surface area contributed by atoms with Crippen LogP contribution in [0, 0.1) is 6.92 Å². The molecular formula is C14H15BrOS. The zero-order valence-electron chi connectivity index (χ0n) is 10.00. The first-order valence-electron chi connectivity index (χ1n) is 5.65. The first-order valence-corrected chi connectivity index (χ1v) is 7.26. The molecule has 0 atom stereocenters. The lowest BCUT2D eigenvalue weighted by molar-refractivity contribution is 0.309. The summed E-state index contributed by atoms with van der Waals surface area (Å²) in [5.74, 6) is 0.928. The number of aryl methyl sites for hydroxylation is 2. The second-order valence-electron chi connectivity index (χ2n) is 3.92. The molecule has 1 heterocycles. The van der Waals surface area contributed by atoms with Crippen molar-refractivity contribution in [3.05, 3.63) is 50.1 Å². The Morgan fingerprint density at radius 1 is 1.18 bits per heavy atom. The number of hydrogen-bond donors (Lipinski definition) is 0. The van der Waals surface area contributed by atoms with Gasteiger partial charge in [-0.3, -0.25) is 0 Å². The Hall–Kier alpha value is -0.800. The molecule has 0 radical (unpaired) electrons. The monoisotopic (exact) mass is 310 g/mol. The normalized spacial score (nSPS) is 10.5. The van der Waals surface area contributed by atoms with Crippen LogP contribution in [0.2, 0.25) is 0 Å². The summed E-state index contributed by atoms with van der Waals surface area (Å²) in [6.45, 7) is 4.90. The van der Waals surface area contributed by atoms with Crippen molar-refractivity contribution >= 4 is 27.3 Å². The van der Waals surface area contributed by atoms with E-state index in [0.717, 1.165) is 16.6 Å². The van der Waals surface area contributed by atoms with E-state index in [1.165, 1.54) is 15.3 Å². The van der Waals surface area contributed by atoms with Crippen molar-refractivity contribution in [3.8, 4) is 5.75 Å². The molecule has 0 bridgehead atoms. The van der Waals surface area contributed by atoms with Crippen molar-refractivity contribution in [1.29, 1.82) is 0 Å². The quantitative estimate of drug-likeness (QED) is 0.775. The fourth-order valence-electron chi connectivity index (χ4n) is 1.55. The van der Waals surface area contributed by atoms with Crippen molar-refractivity contribution in [2.24, 2.45) is 0 Å². The van der Waals surface area contributed by atoms with Crippen molar-refractivity contribution in [3.63, 3.8) is 0 Å². The summed E-state index contributed by atoms with van der Waals surface area (Å²) in [7, 11) is 0. The number of ether oxygens (including phenoxy) is 1. The third-order valence-electron chi connectivity index (χ3n) is 2.58. The largest absolute Gasteiger partial charge is 0.488 e. The molecule has 0 aliphatic rings. The summed E-state index contributed by atoms with van der Waals surface area (Å²) in [6, 6.07) is 10.4. The highest BCUT2D eigenvalue weighted by atomic mass is 79.9. The Balaban J connectivity index is 1.99. The minimum atomic E-state index is 0.658. The highest BCUT2D eigenvalue weighted by Gasteiger charge is 2.01. The molecule has 0 saturated heterocycles. The first kappa shape index (κ1) is 12.7. The summed E-state index contributed by atoms with van der Waals surface area (Å²) in [6.07, 6.45) is 1.10. The minimum Gasteiger partial charge on any atom is -0.488 e. The van der Waals surface area contributed by atoms with Crippen LogP contribution in [0.3, 0.4) is 0 Å². The van der Waals surface area contributed by atoms with Gasteiger partial charge < -0.3 is 4.74 Å². The second-order valence-corrected chi connectivity index (χ2v) is 6.03. The Morgan fingerprint density at radius 3 is 2.59 bits per heavy atom. The van der Waals surface area contributed by atoms with Crippen LogP contribution in [0.4, 0.5) is 0 Å². The van der Waals surface area contributed by atoms with E-state index in [1.807, 2.05) is 23.5 Å². The topological polar surface area (TPSA) is 9.23 Å². The van der Waals surface area contributed by atoms with E-state index in [2.05, 4.69) is 48.0 Å². The minimum absolute atomic E-state index is 0.658. The van der Waals surface area contributed by atoms with Gasteiger partial charge in [-0.25, -0.2) is 0 Å². The van der Waals surface area contributed by atoms with Gasteiger partial charge >= 0.3 is 0 Å². The molecule has 2 aromatic rings. The molecule has 0 amide bonds. The van der Waals surface area contributed by atoms with Crippen LogP contribution >= 0.6 is 27.3 Å². The molecule has 1 aromatic heterocycles. The van der Waals surface area contributed by atoms with Crippen LogP contribution in [-0.2, 0) is 13.0 Å². The molecule has 0 aliphatic carbocycles. The molecule has 0 spiro atoms. The fraction of sp³-hybridized carbons (Fsp3) is 0.286. The number of hydrogen-bond acceptors (Lipinski definition) is 2. The SMILES string of the molecule is CCc1ccc(COc2ccc(Br)c(C)c2)s1. The standard InChI is InChI=1S/C14H15BrOS/c1-3-12-5-6-13(17-12)9-16-11-4-7-14(15)10(2)8-11/h4-8H,3,9H2,1-2H3. The summed E-state index contributed by atoms with van der Waals surface area (Å²) < 4.78 is 6.89. The van der Waals surface area contributed by atoms with Crippen molar-refractivity contribution in [2.75, 3.05) is 0 Å². The number of benzene rings is 1. The average Bonchev–Trinajstić information content (AvgIpc) is 2.79. The summed E-state index contributed by atoms with van der Waals surface area (Å²) in [4.78, 5) is 2.69. The Bertz CT molecular complexity index is 505. The third kappa shape index (κ3) is 3.33. The average molecular weight is 311 g/mol. The van der Waals surface area contributed by atoms with Gasteiger partial charge in [-0.1, -0.05) is 22.9 Å². The zero-order chi connectivity index (χ0) is 12.3. The highest BCUT2D eigenvalue weighted by molar-refractivity contribution is 9.10. The van der Waals surface area contributed by atoms with Gasteiger partial charge in [-0.15, -0.1) is 11.3 Å². The highest BCUT2D eigenvalue weighted by Crippen LogP contribution is 2.23. The van der Waals surface area contributed by atoms with E-state index < -0.39 is 0 Å². The molecule has 0 fully saturated rings. The second kappa shape index (κ2) is 5.69. The van der Waals surface area contributed by atoms with Crippen LogP contribution in [-0.4, -0.2) is 0 Å². The van der Waals surface area contributed by atoms with Crippen molar-refractivity contribution in [2.45, 2.75) is 26.9 Å². The van der Waals surface area contributed by atoms with Crippen molar-refractivity contribution in [1.82, 2.24) is 0 Å². The molecule has 1 aromatic carbocycles. The number of rotatable bonds is 4. The van der Waals surface area contributed by atoms with Gasteiger partial charge in [0.1, 0.15) is 12.4 Å². The smallest absolute Gasteiger partial charge is 0.122 e. The Morgan fingerprint density at radius 2 is 1.94 bits per heavy atom. The maximum Gasteiger partial charge on any atom is 0.122 e. The van der Waals surface area contributed by atoms with E-state index in [-0.39, 0.29) is 0 Å². The number of halogens is 1. The molecule has 1 nitrogen and oxygen atoms in total. The fourth-order valence-corrected chi connectivity index (χ4v) is 2.67. The van der Waals surface area contributed by atoms with Gasteiger partial charge in [0.2, 0.25) is 0 Å². The molecule has 17 heavy (non-hydrogen) atoms. The van der Waals surface area contributed by atoms with E-state index >= 15 is 0 Å². The van der Waals surface area contributed by atoms with Gasteiger partial charge in [-0.2, -0.15) is 0 Å². The first-order chi connectivity index (χ1) is 8.19. The Kier molecular flexibility index (Phi) is 4.24. The van der Waals surface area contributed by atoms with Crippen LogP contribution < -0.4 is 4.74 Å². The Labute approximate surface area is 115 Å². The predicted molar refractivity (Wildman–Crippen MR) is 76.9 cm³/mol. The van der Waals surface area contributed by atoms with Gasteiger partial charge in [0, 0.05) is 14.2 Å². The number of thiophene rings is 1. The summed E-state index contributed by atoms with van der Waals surface area (Å²) in [5, 5.41) is 0. The maximum absolute atomic E-state index is 5.78. The molecular weight excluding hydrogens is 296 g/mol. The molecule has 3 heteroatoms. The lowest BCUT2D eigenvalue weighted by atomic mass is 10.2. The molecule has 0 N–H and O–H groups in total. The molecule has 0 aliphatic heterocycles. The van der Waals surface area contributed by atoms with Crippen LogP contribution in [0.25, 0.3) is 0 Å². The molecule has 90 valence electrons. The molecule has 0 unspecified atom stereocenters. The van der Waals surface area contributed by atoms with E-state index in [4.69, 9.17) is 4.74 Å². The van der Waals surface area contributed by atoms with Gasteiger partial charge in [0.25, 0.3) is 0 Å².